The fraction of sp³-hybridized carbons (Fsp3) is 0.364. The molecule has 0 amide bonds. The maximum atomic E-state index is 10.1. The first-order valence-electron chi connectivity index (χ1n) is 4.33. The van der Waals surface area contributed by atoms with Gasteiger partial charge in [-0.15, -0.1) is 0 Å². The van der Waals surface area contributed by atoms with Gasteiger partial charge in [0.15, 0.2) is 0 Å². The van der Waals surface area contributed by atoms with Crippen molar-refractivity contribution in [3.63, 3.8) is 0 Å². The first-order chi connectivity index (χ1) is 6.45. The summed E-state index contributed by atoms with van der Waals surface area (Å²) in [6, 6.07) is 5.75. The maximum absolute atomic E-state index is 10.1. The van der Waals surface area contributed by atoms with Crippen molar-refractivity contribution in [2.75, 3.05) is 0 Å². The molecule has 1 rings (SSSR count). The molecule has 1 aromatic rings. The lowest BCUT2D eigenvalue weighted by molar-refractivity contribution is 0.565. The number of isocyanates is 1. The molecule has 0 saturated heterocycles. The second-order valence-corrected chi connectivity index (χ2v) is 5.28. The van der Waals surface area contributed by atoms with Crippen molar-refractivity contribution in [2.45, 2.75) is 26.2 Å². The zero-order valence-electron chi connectivity index (χ0n) is 8.47. The number of rotatable bonds is 1. The van der Waals surface area contributed by atoms with Gasteiger partial charge in [-0.05, 0) is 45.7 Å². The Morgan fingerprint density at radius 1 is 1.36 bits per heavy atom. The minimum absolute atomic E-state index is 0.125. The Bertz CT molecular complexity index is 387. The van der Waals surface area contributed by atoms with Crippen LogP contribution in [0.25, 0.3) is 0 Å². The maximum Gasteiger partial charge on any atom is 0.240 e. The fourth-order valence-corrected chi connectivity index (χ4v) is 2.54. The zero-order valence-corrected chi connectivity index (χ0v) is 10.6. The van der Waals surface area contributed by atoms with Crippen molar-refractivity contribution in [2.24, 2.45) is 4.99 Å². The van der Waals surface area contributed by atoms with Crippen LogP contribution in [0.3, 0.4) is 0 Å². The smallest absolute Gasteiger partial charge is 0.211 e. The molecule has 0 N–H and O–H groups in total. The van der Waals surface area contributed by atoms with E-state index in [1.165, 1.54) is 5.56 Å². The molecule has 74 valence electrons. The third kappa shape index (κ3) is 2.66. The van der Waals surface area contributed by atoms with Gasteiger partial charge in [0.05, 0.1) is 5.69 Å². The molecular formula is C11H12INO. The lowest BCUT2D eigenvalue weighted by Gasteiger charge is -2.20. The first-order valence-corrected chi connectivity index (χ1v) is 5.41. The monoisotopic (exact) mass is 301 g/mol. The van der Waals surface area contributed by atoms with E-state index in [9.17, 15) is 4.79 Å². The van der Waals surface area contributed by atoms with Crippen LogP contribution in [0.15, 0.2) is 23.2 Å². The second-order valence-electron chi connectivity index (χ2n) is 4.12. The quantitative estimate of drug-likeness (QED) is 0.443. The van der Waals surface area contributed by atoms with Crippen LogP contribution in [-0.2, 0) is 10.2 Å². The fourth-order valence-electron chi connectivity index (χ4n) is 1.23. The molecule has 0 heterocycles. The molecule has 0 aliphatic carbocycles. The van der Waals surface area contributed by atoms with E-state index in [4.69, 9.17) is 0 Å². The summed E-state index contributed by atoms with van der Waals surface area (Å²) in [5.41, 5.74) is 2.06. The first kappa shape index (κ1) is 11.4. The van der Waals surface area contributed by atoms with Gasteiger partial charge in [0.25, 0.3) is 0 Å². The van der Waals surface area contributed by atoms with Crippen molar-refractivity contribution in [3.8, 4) is 0 Å². The molecule has 0 fully saturated rings. The number of hydrogen-bond acceptors (Lipinski definition) is 2. The van der Waals surface area contributed by atoms with Crippen LogP contribution in [0.2, 0.25) is 0 Å². The third-order valence-corrected chi connectivity index (χ3v) is 2.83. The van der Waals surface area contributed by atoms with Gasteiger partial charge >= 0.3 is 0 Å². The number of hydrogen-bond donors (Lipinski definition) is 0. The summed E-state index contributed by atoms with van der Waals surface area (Å²) in [5, 5.41) is 0. The highest BCUT2D eigenvalue weighted by Gasteiger charge is 2.16. The van der Waals surface area contributed by atoms with Crippen LogP contribution in [0.4, 0.5) is 5.69 Å². The van der Waals surface area contributed by atoms with Gasteiger partial charge in [-0.2, -0.15) is 4.99 Å². The van der Waals surface area contributed by atoms with Gasteiger partial charge in [0.2, 0.25) is 6.08 Å². The van der Waals surface area contributed by atoms with E-state index in [2.05, 4.69) is 48.4 Å². The molecule has 3 heteroatoms. The molecule has 0 unspecified atom stereocenters. The standard InChI is InChI=1S/C11H12INO/c1-11(2,3)9-5-4-8(13-7-14)6-10(9)12/h4-6H,1-3H3. The number of halogens is 1. The van der Waals surface area contributed by atoms with Gasteiger partial charge < -0.3 is 0 Å². The molecule has 0 saturated carbocycles. The van der Waals surface area contributed by atoms with E-state index in [1.807, 2.05) is 18.2 Å². The Hall–Kier alpha value is -0.670. The second kappa shape index (κ2) is 4.24. The van der Waals surface area contributed by atoms with Gasteiger partial charge in [0, 0.05) is 3.57 Å². The molecule has 0 aliphatic rings. The molecular weight excluding hydrogens is 289 g/mol. The van der Waals surface area contributed by atoms with Crippen LogP contribution in [0, 0.1) is 3.57 Å². The van der Waals surface area contributed by atoms with Crippen molar-refractivity contribution >= 4 is 34.4 Å². The van der Waals surface area contributed by atoms with Crippen molar-refractivity contribution in [1.82, 2.24) is 0 Å². The highest BCUT2D eigenvalue weighted by Crippen LogP contribution is 2.29. The molecule has 1 aromatic carbocycles. The van der Waals surface area contributed by atoms with E-state index >= 15 is 0 Å². The Morgan fingerprint density at radius 2 is 2.00 bits per heavy atom. The summed E-state index contributed by atoms with van der Waals surface area (Å²) in [5.74, 6) is 0. The Labute approximate surface area is 97.6 Å². The number of aliphatic imine (C=N–C) groups is 1. The molecule has 0 bridgehead atoms. The Morgan fingerprint density at radius 3 is 2.43 bits per heavy atom. The van der Waals surface area contributed by atoms with Gasteiger partial charge in [-0.3, -0.25) is 0 Å². The van der Waals surface area contributed by atoms with Crippen LogP contribution in [0.1, 0.15) is 26.3 Å². The van der Waals surface area contributed by atoms with Crippen molar-refractivity contribution in [1.29, 1.82) is 0 Å². The summed E-state index contributed by atoms with van der Waals surface area (Å²) in [4.78, 5) is 13.7. The molecule has 14 heavy (non-hydrogen) atoms. The predicted octanol–water partition coefficient (Wildman–Crippen LogP) is 3.56. The molecule has 0 spiro atoms. The summed E-state index contributed by atoms with van der Waals surface area (Å²) in [7, 11) is 0. The average Bonchev–Trinajstić information content (AvgIpc) is 2.02. The summed E-state index contributed by atoms with van der Waals surface area (Å²) >= 11 is 2.26. The van der Waals surface area contributed by atoms with E-state index in [-0.39, 0.29) is 5.41 Å². The summed E-state index contributed by atoms with van der Waals surface area (Å²) < 4.78 is 1.13. The topological polar surface area (TPSA) is 29.4 Å². The molecule has 0 radical (unpaired) electrons. The number of benzene rings is 1. The average molecular weight is 301 g/mol. The molecule has 0 aliphatic heterocycles. The van der Waals surface area contributed by atoms with Crippen LogP contribution in [0.5, 0.6) is 0 Å². The van der Waals surface area contributed by atoms with Crippen molar-refractivity contribution in [3.05, 3.63) is 27.3 Å². The minimum Gasteiger partial charge on any atom is -0.211 e. The highest BCUT2D eigenvalue weighted by atomic mass is 127. The van der Waals surface area contributed by atoms with E-state index in [0.717, 1.165) is 3.57 Å². The largest absolute Gasteiger partial charge is 0.240 e. The van der Waals surface area contributed by atoms with Crippen LogP contribution < -0.4 is 0 Å². The predicted molar refractivity (Wildman–Crippen MR) is 65.6 cm³/mol. The Kier molecular flexibility index (Phi) is 3.45. The van der Waals surface area contributed by atoms with Crippen LogP contribution >= 0.6 is 22.6 Å². The lowest BCUT2D eigenvalue weighted by Crippen LogP contribution is -2.12. The van der Waals surface area contributed by atoms with Crippen molar-refractivity contribution < 1.29 is 4.79 Å². The lowest BCUT2D eigenvalue weighted by atomic mass is 9.87. The van der Waals surface area contributed by atoms with Gasteiger partial charge in [0.1, 0.15) is 0 Å². The normalized spacial score (nSPS) is 10.9. The number of carbonyl (C=O) groups excluding carboxylic acids is 1. The van der Waals surface area contributed by atoms with Gasteiger partial charge in [-0.25, -0.2) is 4.79 Å². The molecule has 0 aromatic heterocycles. The minimum atomic E-state index is 0.125. The zero-order chi connectivity index (χ0) is 10.8. The molecule has 0 atom stereocenters. The van der Waals surface area contributed by atoms with E-state index in [1.54, 1.807) is 6.08 Å². The third-order valence-electron chi connectivity index (χ3n) is 1.94. The highest BCUT2D eigenvalue weighted by molar-refractivity contribution is 14.1. The summed E-state index contributed by atoms with van der Waals surface area (Å²) in [6.07, 6.45) is 1.54. The summed E-state index contributed by atoms with van der Waals surface area (Å²) in [6.45, 7) is 6.48. The van der Waals surface area contributed by atoms with Gasteiger partial charge in [-0.1, -0.05) is 26.8 Å². The Balaban J connectivity index is 3.20. The van der Waals surface area contributed by atoms with E-state index in [0.29, 0.717) is 5.69 Å². The number of nitrogens with zero attached hydrogens (tertiary/aromatic N) is 1. The molecule has 2 nitrogen and oxygen atoms in total. The SMILES string of the molecule is CC(C)(C)c1ccc(N=C=O)cc1I. The van der Waals surface area contributed by atoms with E-state index < -0.39 is 0 Å². The van der Waals surface area contributed by atoms with Crippen LogP contribution in [-0.4, -0.2) is 6.08 Å².